The second-order valence-electron chi connectivity index (χ2n) is 5.26. The fourth-order valence-electron chi connectivity index (χ4n) is 2.27. The maximum absolute atomic E-state index is 6.29. The lowest BCUT2D eigenvalue weighted by Gasteiger charge is -2.13. The summed E-state index contributed by atoms with van der Waals surface area (Å²) in [6, 6.07) is 11.7. The quantitative estimate of drug-likeness (QED) is 0.455. The third-order valence-corrected chi connectivity index (χ3v) is 4.00. The van der Waals surface area contributed by atoms with E-state index < -0.39 is 0 Å². The minimum absolute atomic E-state index is 0. The summed E-state index contributed by atoms with van der Waals surface area (Å²) < 4.78 is 10.9. The summed E-state index contributed by atoms with van der Waals surface area (Å²) >= 11 is 12.2. The first-order valence-corrected chi connectivity index (χ1v) is 8.45. The van der Waals surface area contributed by atoms with Crippen molar-refractivity contribution in [1.82, 2.24) is 5.32 Å². The number of halogens is 3. The molecule has 2 aromatic rings. The van der Waals surface area contributed by atoms with Crippen LogP contribution >= 0.6 is 35.6 Å². The second-order valence-corrected chi connectivity index (χ2v) is 6.11. The van der Waals surface area contributed by atoms with Crippen LogP contribution in [0, 0.1) is 0 Å². The maximum atomic E-state index is 6.29. The minimum Gasteiger partial charge on any atom is -0.493 e. The molecule has 0 bridgehead atoms. The summed E-state index contributed by atoms with van der Waals surface area (Å²) in [7, 11) is 1.60. The van der Waals surface area contributed by atoms with E-state index in [1.54, 1.807) is 13.2 Å². The predicted octanol–water partition coefficient (Wildman–Crippen LogP) is 5.32. The highest BCUT2D eigenvalue weighted by Crippen LogP contribution is 2.36. The Labute approximate surface area is 165 Å². The van der Waals surface area contributed by atoms with Crippen molar-refractivity contribution in [2.75, 3.05) is 20.3 Å². The molecule has 0 atom stereocenters. The number of ether oxygens (including phenoxy) is 2. The van der Waals surface area contributed by atoms with Crippen molar-refractivity contribution in [3.05, 3.63) is 70.2 Å². The Morgan fingerprint density at radius 1 is 1.12 bits per heavy atom. The van der Waals surface area contributed by atoms with Gasteiger partial charge in [0.1, 0.15) is 6.61 Å². The molecule has 25 heavy (non-hydrogen) atoms. The lowest BCUT2D eigenvalue weighted by molar-refractivity contribution is 0.326. The van der Waals surface area contributed by atoms with Crippen molar-refractivity contribution in [2.45, 2.75) is 13.0 Å². The van der Waals surface area contributed by atoms with Gasteiger partial charge >= 0.3 is 0 Å². The van der Waals surface area contributed by atoms with Crippen LogP contribution < -0.4 is 14.8 Å². The topological polar surface area (TPSA) is 30.5 Å². The molecule has 0 saturated carbocycles. The van der Waals surface area contributed by atoms with E-state index in [1.807, 2.05) is 36.4 Å². The van der Waals surface area contributed by atoms with Gasteiger partial charge < -0.3 is 14.8 Å². The first-order chi connectivity index (χ1) is 11.6. The van der Waals surface area contributed by atoms with Crippen LogP contribution in [0.3, 0.4) is 0 Å². The predicted molar refractivity (Wildman–Crippen MR) is 108 cm³/mol. The first-order valence-electron chi connectivity index (χ1n) is 7.69. The molecule has 0 amide bonds. The average molecular weight is 403 g/mol. The highest BCUT2D eigenvalue weighted by molar-refractivity contribution is 6.32. The molecule has 0 radical (unpaired) electrons. The zero-order valence-corrected chi connectivity index (χ0v) is 16.4. The molecule has 0 aliphatic rings. The summed E-state index contributed by atoms with van der Waals surface area (Å²) in [5.41, 5.74) is 2.29. The van der Waals surface area contributed by atoms with Crippen LogP contribution in [0.4, 0.5) is 0 Å². The largest absolute Gasteiger partial charge is 0.493 e. The highest BCUT2D eigenvalue weighted by Gasteiger charge is 2.11. The summed E-state index contributed by atoms with van der Waals surface area (Å²) in [5.74, 6) is 1.17. The number of benzene rings is 2. The summed E-state index contributed by atoms with van der Waals surface area (Å²) in [6.07, 6.45) is 2.60. The maximum Gasteiger partial charge on any atom is 0.180 e. The number of nitrogens with one attached hydrogen (secondary N) is 1. The van der Waals surface area contributed by atoms with Crippen LogP contribution in [-0.2, 0) is 13.0 Å². The molecular weight excluding hydrogens is 381 g/mol. The zero-order chi connectivity index (χ0) is 17.4. The fourth-order valence-corrected chi connectivity index (χ4v) is 2.69. The number of methoxy groups -OCH3 is 1. The normalized spacial score (nSPS) is 10.0. The fraction of sp³-hybridized carbons (Fsp3) is 0.263. The van der Waals surface area contributed by atoms with Gasteiger partial charge in [0.05, 0.1) is 12.1 Å². The van der Waals surface area contributed by atoms with E-state index in [0.717, 1.165) is 23.6 Å². The van der Waals surface area contributed by atoms with E-state index in [2.05, 4.69) is 11.9 Å². The van der Waals surface area contributed by atoms with E-state index in [9.17, 15) is 0 Å². The molecule has 0 heterocycles. The average Bonchev–Trinajstić information content (AvgIpc) is 2.59. The van der Waals surface area contributed by atoms with Gasteiger partial charge in [-0.3, -0.25) is 0 Å². The Balaban J connectivity index is 0.00000312. The van der Waals surface area contributed by atoms with Crippen molar-refractivity contribution in [3.63, 3.8) is 0 Å². The lowest BCUT2D eigenvalue weighted by Crippen LogP contribution is -2.16. The smallest absolute Gasteiger partial charge is 0.180 e. The molecular formula is C19H22Cl3NO2. The van der Waals surface area contributed by atoms with Gasteiger partial charge in [-0.25, -0.2) is 0 Å². The lowest BCUT2D eigenvalue weighted by atomic mass is 10.1. The molecule has 0 spiro atoms. The van der Waals surface area contributed by atoms with Gasteiger partial charge in [-0.05, 0) is 48.4 Å². The van der Waals surface area contributed by atoms with Crippen LogP contribution in [0.5, 0.6) is 11.5 Å². The Morgan fingerprint density at radius 3 is 2.48 bits per heavy atom. The van der Waals surface area contributed by atoms with Gasteiger partial charge in [0.2, 0.25) is 0 Å². The second kappa shape index (κ2) is 11.3. The number of rotatable bonds is 9. The van der Waals surface area contributed by atoms with Crippen molar-refractivity contribution >= 4 is 35.6 Å². The van der Waals surface area contributed by atoms with E-state index >= 15 is 0 Å². The van der Waals surface area contributed by atoms with Crippen molar-refractivity contribution in [3.8, 4) is 11.5 Å². The molecule has 0 fully saturated rings. The Kier molecular flexibility index (Phi) is 9.76. The van der Waals surface area contributed by atoms with Gasteiger partial charge in [-0.1, -0.05) is 48.0 Å². The molecule has 6 heteroatoms. The van der Waals surface area contributed by atoms with Crippen molar-refractivity contribution < 1.29 is 9.47 Å². The number of hydrogen-bond acceptors (Lipinski definition) is 3. The van der Waals surface area contributed by atoms with Crippen LogP contribution in [0.2, 0.25) is 10.0 Å². The zero-order valence-electron chi connectivity index (χ0n) is 14.1. The summed E-state index contributed by atoms with van der Waals surface area (Å²) in [4.78, 5) is 0. The molecule has 0 aliphatic carbocycles. The van der Waals surface area contributed by atoms with Gasteiger partial charge in [-0.2, -0.15) is 0 Å². The third-order valence-electron chi connectivity index (χ3n) is 3.47. The molecule has 1 N–H and O–H groups in total. The Hall–Kier alpha value is -1.39. The van der Waals surface area contributed by atoms with E-state index in [-0.39, 0.29) is 12.4 Å². The van der Waals surface area contributed by atoms with Gasteiger partial charge in [0.25, 0.3) is 0 Å². The number of hydrogen-bond donors (Lipinski definition) is 1. The van der Waals surface area contributed by atoms with Gasteiger partial charge in [0.15, 0.2) is 11.5 Å². The molecule has 0 unspecified atom stereocenters. The molecule has 0 saturated heterocycles. The van der Waals surface area contributed by atoms with Crippen LogP contribution in [-0.4, -0.2) is 20.3 Å². The Bertz CT molecular complexity index is 675. The van der Waals surface area contributed by atoms with E-state index in [0.29, 0.717) is 29.7 Å². The monoisotopic (exact) mass is 401 g/mol. The van der Waals surface area contributed by atoms with Crippen molar-refractivity contribution in [1.29, 1.82) is 0 Å². The molecule has 2 rings (SSSR count). The van der Waals surface area contributed by atoms with E-state index in [4.69, 9.17) is 32.7 Å². The van der Waals surface area contributed by atoms with Gasteiger partial charge in [0, 0.05) is 11.6 Å². The summed E-state index contributed by atoms with van der Waals surface area (Å²) in [5, 5.41) is 4.69. The van der Waals surface area contributed by atoms with Gasteiger partial charge in [-0.15, -0.1) is 12.4 Å². The first kappa shape index (κ1) is 21.7. The minimum atomic E-state index is 0. The van der Waals surface area contributed by atoms with Crippen LogP contribution in [0.1, 0.15) is 11.1 Å². The molecule has 0 aromatic heterocycles. The third kappa shape index (κ3) is 6.79. The molecule has 2 aromatic carbocycles. The van der Waals surface area contributed by atoms with Crippen LogP contribution in [0.25, 0.3) is 0 Å². The van der Waals surface area contributed by atoms with E-state index in [1.165, 1.54) is 5.56 Å². The highest BCUT2D eigenvalue weighted by atomic mass is 35.5. The van der Waals surface area contributed by atoms with Crippen LogP contribution in [0.15, 0.2) is 49.1 Å². The SMILES string of the molecule is C=CCOc1c(Cl)cc(CNCCc2ccc(Cl)cc2)cc1OC.Cl. The summed E-state index contributed by atoms with van der Waals surface area (Å²) in [6.45, 7) is 5.57. The molecule has 0 aliphatic heterocycles. The molecule has 3 nitrogen and oxygen atoms in total. The Morgan fingerprint density at radius 2 is 1.84 bits per heavy atom. The van der Waals surface area contributed by atoms with Crippen molar-refractivity contribution in [2.24, 2.45) is 0 Å². The standard InChI is InChI=1S/C19H21Cl2NO2.ClH/c1-3-10-24-19-17(21)11-15(12-18(19)23-2)13-22-9-8-14-4-6-16(20)7-5-14;/h3-7,11-12,22H,1,8-10,13H2,2H3;1H. The molecule has 136 valence electrons.